The van der Waals surface area contributed by atoms with Crippen LogP contribution in [0.15, 0.2) is 65.7 Å². The minimum Gasteiger partial charge on any atom is -0.455 e. The zero-order valence-corrected chi connectivity index (χ0v) is 11.2. The molecule has 0 saturated carbocycles. The molecule has 3 heteroatoms. The van der Waals surface area contributed by atoms with E-state index in [4.69, 9.17) is 4.74 Å². The highest BCUT2D eigenvalue weighted by molar-refractivity contribution is 6.09. The summed E-state index contributed by atoms with van der Waals surface area (Å²) >= 11 is 0. The molecule has 2 aromatic carbocycles. The molecule has 0 spiro atoms. The number of aliphatic imine (C=N–C) groups is 1. The fourth-order valence-corrected chi connectivity index (χ4v) is 2.44. The SMILES string of the molecule is CC[C@]1(c2ccccc2)OC(c2ccccc2)=NC1=O. The van der Waals surface area contributed by atoms with Crippen molar-refractivity contribution < 1.29 is 9.53 Å². The fraction of sp³-hybridized carbons (Fsp3) is 0.176. The number of ether oxygens (including phenoxy) is 1. The number of hydrogen-bond acceptors (Lipinski definition) is 2. The Morgan fingerprint density at radius 3 is 2.20 bits per heavy atom. The smallest absolute Gasteiger partial charge is 0.297 e. The average Bonchev–Trinajstić information content (AvgIpc) is 2.87. The number of carbonyl (C=O) groups is 1. The molecule has 100 valence electrons. The maximum absolute atomic E-state index is 12.4. The Balaban J connectivity index is 2.00. The summed E-state index contributed by atoms with van der Waals surface area (Å²) < 4.78 is 5.98. The van der Waals surface area contributed by atoms with Gasteiger partial charge in [-0.3, -0.25) is 4.79 Å². The number of rotatable bonds is 3. The lowest BCUT2D eigenvalue weighted by Crippen LogP contribution is -2.33. The van der Waals surface area contributed by atoms with E-state index in [1.807, 2.05) is 67.6 Å². The van der Waals surface area contributed by atoms with Gasteiger partial charge in [0.05, 0.1) is 0 Å². The molecule has 1 atom stereocenters. The Bertz CT molecular complexity index is 649. The van der Waals surface area contributed by atoms with E-state index in [9.17, 15) is 4.79 Å². The molecule has 1 heterocycles. The maximum atomic E-state index is 12.4. The quantitative estimate of drug-likeness (QED) is 0.854. The Kier molecular flexibility index (Phi) is 3.11. The van der Waals surface area contributed by atoms with E-state index < -0.39 is 5.60 Å². The van der Waals surface area contributed by atoms with Crippen LogP contribution in [0.4, 0.5) is 0 Å². The summed E-state index contributed by atoms with van der Waals surface area (Å²) in [4.78, 5) is 16.5. The summed E-state index contributed by atoms with van der Waals surface area (Å²) in [5, 5.41) is 0. The lowest BCUT2D eigenvalue weighted by Gasteiger charge is -2.25. The molecule has 1 aliphatic rings. The lowest BCUT2D eigenvalue weighted by atomic mass is 9.90. The monoisotopic (exact) mass is 265 g/mol. The Labute approximate surface area is 117 Å². The lowest BCUT2D eigenvalue weighted by molar-refractivity contribution is -0.131. The van der Waals surface area contributed by atoms with Crippen molar-refractivity contribution >= 4 is 11.8 Å². The maximum Gasteiger partial charge on any atom is 0.297 e. The molecule has 3 rings (SSSR count). The molecule has 0 unspecified atom stereocenters. The summed E-state index contributed by atoms with van der Waals surface area (Å²) in [6.07, 6.45) is 0.551. The minimum atomic E-state index is -0.980. The number of amides is 1. The second kappa shape index (κ2) is 4.93. The van der Waals surface area contributed by atoms with Gasteiger partial charge in [0.25, 0.3) is 5.91 Å². The van der Waals surface area contributed by atoms with Gasteiger partial charge < -0.3 is 4.74 Å². The zero-order chi connectivity index (χ0) is 14.0. The topological polar surface area (TPSA) is 38.7 Å². The molecular formula is C17H15NO2. The van der Waals surface area contributed by atoms with Crippen molar-refractivity contribution in [3.05, 3.63) is 71.8 Å². The Hall–Kier alpha value is -2.42. The van der Waals surface area contributed by atoms with E-state index in [1.165, 1.54) is 0 Å². The highest BCUT2D eigenvalue weighted by atomic mass is 16.5. The number of carbonyl (C=O) groups excluding carboxylic acids is 1. The normalized spacial score (nSPS) is 21.4. The van der Waals surface area contributed by atoms with Gasteiger partial charge in [-0.05, 0) is 18.6 Å². The van der Waals surface area contributed by atoms with Gasteiger partial charge in [0, 0.05) is 11.1 Å². The number of benzene rings is 2. The van der Waals surface area contributed by atoms with Crippen molar-refractivity contribution in [1.82, 2.24) is 0 Å². The zero-order valence-electron chi connectivity index (χ0n) is 11.2. The third-order valence-electron chi connectivity index (χ3n) is 3.58. The molecule has 0 aliphatic carbocycles. The Morgan fingerprint density at radius 1 is 1.00 bits per heavy atom. The molecule has 20 heavy (non-hydrogen) atoms. The predicted molar refractivity (Wildman–Crippen MR) is 77.5 cm³/mol. The first-order valence-electron chi connectivity index (χ1n) is 6.69. The van der Waals surface area contributed by atoms with Crippen LogP contribution in [0, 0.1) is 0 Å². The van der Waals surface area contributed by atoms with E-state index in [0.29, 0.717) is 12.3 Å². The van der Waals surface area contributed by atoms with Gasteiger partial charge in [-0.2, -0.15) is 4.99 Å². The second-order valence-corrected chi connectivity index (χ2v) is 4.74. The van der Waals surface area contributed by atoms with Crippen LogP contribution >= 0.6 is 0 Å². The fourth-order valence-electron chi connectivity index (χ4n) is 2.44. The molecule has 0 saturated heterocycles. The third kappa shape index (κ3) is 1.92. The molecule has 0 bridgehead atoms. The molecule has 0 radical (unpaired) electrons. The van der Waals surface area contributed by atoms with E-state index in [2.05, 4.69) is 4.99 Å². The van der Waals surface area contributed by atoms with Gasteiger partial charge in [-0.1, -0.05) is 55.5 Å². The van der Waals surface area contributed by atoms with Gasteiger partial charge in [0.2, 0.25) is 11.5 Å². The van der Waals surface area contributed by atoms with Crippen molar-refractivity contribution in [3.63, 3.8) is 0 Å². The Morgan fingerprint density at radius 2 is 1.60 bits per heavy atom. The number of nitrogens with zero attached hydrogens (tertiary/aromatic N) is 1. The van der Waals surface area contributed by atoms with Crippen LogP contribution in [-0.2, 0) is 15.1 Å². The van der Waals surface area contributed by atoms with E-state index >= 15 is 0 Å². The van der Waals surface area contributed by atoms with Crippen molar-refractivity contribution in [1.29, 1.82) is 0 Å². The van der Waals surface area contributed by atoms with Crippen LogP contribution in [-0.4, -0.2) is 11.8 Å². The first-order chi connectivity index (χ1) is 9.76. The van der Waals surface area contributed by atoms with Gasteiger partial charge in [0.15, 0.2) is 0 Å². The van der Waals surface area contributed by atoms with Crippen LogP contribution in [0.1, 0.15) is 24.5 Å². The molecule has 1 amide bonds. The first-order valence-corrected chi connectivity index (χ1v) is 6.69. The van der Waals surface area contributed by atoms with Crippen LogP contribution < -0.4 is 0 Å². The molecular weight excluding hydrogens is 250 g/mol. The van der Waals surface area contributed by atoms with Crippen molar-refractivity contribution in [2.45, 2.75) is 18.9 Å². The van der Waals surface area contributed by atoms with Gasteiger partial charge in [-0.15, -0.1) is 0 Å². The summed E-state index contributed by atoms with van der Waals surface area (Å²) in [6, 6.07) is 19.1. The third-order valence-corrected chi connectivity index (χ3v) is 3.58. The molecule has 2 aromatic rings. The second-order valence-electron chi connectivity index (χ2n) is 4.74. The summed E-state index contributed by atoms with van der Waals surface area (Å²) in [7, 11) is 0. The summed E-state index contributed by atoms with van der Waals surface area (Å²) in [6.45, 7) is 1.94. The highest BCUT2D eigenvalue weighted by Crippen LogP contribution is 2.36. The summed E-state index contributed by atoms with van der Waals surface area (Å²) in [5.41, 5.74) is 0.696. The number of hydrogen-bond donors (Lipinski definition) is 0. The van der Waals surface area contributed by atoms with Crippen LogP contribution in [0.25, 0.3) is 0 Å². The minimum absolute atomic E-state index is 0.231. The van der Waals surface area contributed by atoms with Gasteiger partial charge in [-0.25, -0.2) is 0 Å². The molecule has 3 nitrogen and oxygen atoms in total. The van der Waals surface area contributed by atoms with Crippen molar-refractivity contribution in [3.8, 4) is 0 Å². The molecule has 0 N–H and O–H groups in total. The van der Waals surface area contributed by atoms with Crippen molar-refractivity contribution in [2.75, 3.05) is 0 Å². The predicted octanol–water partition coefficient (Wildman–Crippen LogP) is 3.30. The van der Waals surface area contributed by atoms with Crippen LogP contribution in [0.5, 0.6) is 0 Å². The molecule has 1 aliphatic heterocycles. The van der Waals surface area contributed by atoms with E-state index in [1.54, 1.807) is 0 Å². The van der Waals surface area contributed by atoms with E-state index in [-0.39, 0.29) is 5.91 Å². The van der Waals surface area contributed by atoms with Gasteiger partial charge >= 0.3 is 0 Å². The van der Waals surface area contributed by atoms with Crippen molar-refractivity contribution in [2.24, 2.45) is 4.99 Å². The van der Waals surface area contributed by atoms with E-state index in [0.717, 1.165) is 11.1 Å². The summed E-state index contributed by atoms with van der Waals surface area (Å²) in [5.74, 6) is 0.173. The molecule has 0 aromatic heterocycles. The standard InChI is InChI=1S/C17H15NO2/c1-2-17(14-11-7-4-8-12-14)16(19)18-15(20-17)13-9-5-3-6-10-13/h3-12H,2H2,1H3/t17-/m1/s1. The van der Waals surface area contributed by atoms with Gasteiger partial charge in [0.1, 0.15) is 0 Å². The van der Waals surface area contributed by atoms with Crippen LogP contribution in [0.2, 0.25) is 0 Å². The first kappa shape index (κ1) is 12.6. The largest absolute Gasteiger partial charge is 0.455 e. The average molecular weight is 265 g/mol. The highest BCUT2D eigenvalue weighted by Gasteiger charge is 2.46. The van der Waals surface area contributed by atoms with Crippen LogP contribution in [0.3, 0.4) is 0 Å². The molecule has 0 fully saturated rings.